The first-order valence-electron chi connectivity index (χ1n) is 8.58. The first-order valence-corrected chi connectivity index (χ1v) is 8.58. The summed E-state index contributed by atoms with van der Waals surface area (Å²) in [5, 5.41) is 7.43. The van der Waals surface area contributed by atoms with Gasteiger partial charge in [-0.05, 0) is 68.3 Å². The largest absolute Gasteiger partial charge is 0.494 e. The van der Waals surface area contributed by atoms with Gasteiger partial charge in [0.25, 0.3) is 0 Å². The van der Waals surface area contributed by atoms with Crippen LogP contribution in [-0.4, -0.2) is 30.9 Å². The second-order valence-electron chi connectivity index (χ2n) is 5.94. The lowest BCUT2D eigenvalue weighted by Crippen LogP contribution is -2.39. The van der Waals surface area contributed by atoms with Gasteiger partial charge in [-0.25, -0.2) is 0 Å². The predicted octanol–water partition coefficient (Wildman–Crippen LogP) is 2.40. The minimum atomic E-state index is -0.880. The standard InChI is InChI=1S/C20H23N3O4/c1-4-27-17-9-7-15(8-10-17)22-18(24)12-21-19(25)20(26)23-16-6-5-13(2)14(3)11-16/h5-11H,4,12H2,1-3H3,(H,21,25)(H,22,24)(H,23,26). The van der Waals surface area contributed by atoms with E-state index in [1.807, 2.05) is 26.8 Å². The summed E-state index contributed by atoms with van der Waals surface area (Å²) in [6, 6.07) is 12.2. The maximum Gasteiger partial charge on any atom is 0.313 e. The second kappa shape index (κ2) is 9.38. The summed E-state index contributed by atoms with van der Waals surface area (Å²) < 4.78 is 5.32. The topological polar surface area (TPSA) is 96.5 Å². The van der Waals surface area contributed by atoms with Crippen molar-refractivity contribution in [1.29, 1.82) is 0 Å². The predicted molar refractivity (Wildman–Crippen MR) is 104 cm³/mol. The lowest BCUT2D eigenvalue weighted by Gasteiger charge is -2.09. The Kier molecular flexibility index (Phi) is 6.93. The first kappa shape index (κ1) is 20.0. The van der Waals surface area contributed by atoms with Crippen molar-refractivity contribution < 1.29 is 19.1 Å². The van der Waals surface area contributed by atoms with E-state index in [1.165, 1.54) is 0 Å². The molecular formula is C20H23N3O4. The summed E-state index contributed by atoms with van der Waals surface area (Å²) in [5.74, 6) is -1.44. The molecule has 0 bridgehead atoms. The zero-order valence-corrected chi connectivity index (χ0v) is 15.6. The molecule has 2 aromatic rings. The van der Waals surface area contributed by atoms with Crippen molar-refractivity contribution in [3.63, 3.8) is 0 Å². The minimum absolute atomic E-state index is 0.313. The number of ether oxygens (including phenoxy) is 1. The van der Waals surface area contributed by atoms with Crippen LogP contribution < -0.4 is 20.7 Å². The third-order valence-corrected chi connectivity index (χ3v) is 3.83. The number of rotatable bonds is 6. The van der Waals surface area contributed by atoms with Gasteiger partial charge in [-0.3, -0.25) is 14.4 Å². The summed E-state index contributed by atoms with van der Waals surface area (Å²) in [7, 11) is 0. The van der Waals surface area contributed by atoms with E-state index >= 15 is 0 Å². The van der Waals surface area contributed by atoms with Gasteiger partial charge in [0.15, 0.2) is 0 Å². The number of anilines is 2. The summed E-state index contributed by atoms with van der Waals surface area (Å²) in [6.07, 6.45) is 0. The molecule has 2 rings (SSSR count). The Balaban J connectivity index is 1.80. The van der Waals surface area contributed by atoms with Crippen LogP contribution in [0, 0.1) is 13.8 Å². The van der Waals surface area contributed by atoms with Gasteiger partial charge < -0.3 is 20.7 Å². The molecule has 0 saturated carbocycles. The fourth-order valence-electron chi connectivity index (χ4n) is 2.25. The number of aryl methyl sites for hydroxylation is 2. The molecule has 3 N–H and O–H groups in total. The molecule has 0 fully saturated rings. The van der Waals surface area contributed by atoms with Crippen molar-refractivity contribution in [2.24, 2.45) is 0 Å². The zero-order chi connectivity index (χ0) is 19.8. The van der Waals surface area contributed by atoms with Gasteiger partial charge in [0.2, 0.25) is 5.91 Å². The van der Waals surface area contributed by atoms with Crippen molar-refractivity contribution in [2.45, 2.75) is 20.8 Å². The Labute approximate surface area is 158 Å². The van der Waals surface area contributed by atoms with E-state index in [0.29, 0.717) is 23.7 Å². The lowest BCUT2D eigenvalue weighted by atomic mass is 10.1. The molecule has 0 atom stereocenters. The van der Waals surface area contributed by atoms with E-state index in [0.717, 1.165) is 11.1 Å². The van der Waals surface area contributed by atoms with Crippen LogP contribution >= 0.6 is 0 Å². The van der Waals surface area contributed by atoms with Gasteiger partial charge in [-0.15, -0.1) is 0 Å². The van der Waals surface area contributed by atoms with Crippen LogP contribution in [0.1, 0.15) is 18.1 Å². The van der Waals surface area contributed by atoms with E-state index in [4.69, 9.17) is 4.74 Å². The van der Waals surface area contributed by atoms with E-state index in [-0.39, 0.29) is 6.54 Å². The molecule has 0 aliphatic carbocycles. The Bertz CT molecular complexity index is 832. The first-order chi connectivity index (χ1) is 12.9. The molecule has 0 aliphatic rings. The highest BCUT2D eigenvalue weighted by Crippen LogP contribution is 2.15. The highest BCUT2D eigenvalue weighted by atomic mass is 16.5. The van der Waals surface area contributed by atoms with Gasteiger partial charge in [0.05, 0.1) is 13.2 Å². The quantitative estimate of drug-likeness (QED) is 0.681. The van der Waals surface area contributed by atoms with Crippen molar-refractivity contribution in [1.82, 2.24) is 5.32 Å². The van der Waals surface area contributed by atoms with Crippen LogP contribution in [-0.2, 0) is 14.4 Å². The van der Waals surface area contributed by atoms with Gasteiger partial charge >= 0.3 is 11.8 Å². The van der Waals surface area contributed by atoms with Crippen LogP contribution in [0.25, 0.3) is 0 Å². The molecule has 0 aliphatic heterocycles. The second-order valence-corrected chi connectivity index (χ2v) is 5.94. The summed E-state index contributed by atoms with van der Waals surface area (Å²) in [6.45, 7) is 6.00. The smallest absolute Gasteiger partial charge is 0.313 e. The number of nitrogens with one attached hydrogen (secondary N) is 3. The number of hydrogen-bond donors (Lipinski definition) is 3. The van der Waals surface area contributed by atoms with Crippen molar-refractivity contribution in [3.05, 3.63) is 53.6 Å². The third-order valence-electron chi connectivity index (χ3n) is 3.83. The Morgan fingerprint density at radius 3 is 2.15 bits per heavy atom. The SMILES string of the molecule is CCOc1ccc(NC(=O)CNC(=O)C(=O)Nc2ccc(C)c(C)c2)cc1. The summed E-state index contributed by atoms with van der Waals surface area (Å²) in [5.41, 5.74) is 3.18. The maximum absolute atomic E-state index is 11.9. The molecule has 7 heteroatoms. The van der Waals surface area contributed by atoms with Gasteiger partial charge in [0.1, 0.15) is 5.75 Å². The zero-order valence-electron chi connectivity index (χ0n) is 15.6. The average Bonchev–Trinajstić information content (AvgIpc) is 2.64. The highest BCUT2D eigenvalue weighted by Gasteiger charge is 2.15. The van der Waals surface area contributed by atoms with Gasteiger partial charge in [-0.1, -0.05) is 6.07 Å². The van der Waals surface area contributed by atoms with E-state index in [1.54, 1.807) is 36.4 Å². The van der Waals surface area contributed by atoms with Crippen LogP contribution in [0.3, 0.4) is 0 Å². The minimum Gasteiger partial charge on any atom is -0.494 e. The fraction of sp³-hybridized carbons (Fsp3) is 0.250. The highest BCUT2D eigenvalue weighted by molar-refractivity contribution is 6.39. The number of hydrogen-bond acceptors (Lipinski definition) is 4. The van der Waals surface area contributed by atoms with Crippen molar-refractivity contribution >= 4 is 29.1 Å². The lowest BCUT2D eigenvalue weighted by molar-refractivity contribution is -0.136. The van der Waals surface area contributed by atoms with Crippen molar-refractivity contribution in [3.8, 4) is 5.75 Å². The molecular weight excluding hydrogens is 346 g/mol. The average molecular weight is 369 g/mol. The third kappa shape index (κ3) is 6.14. The molecule has 0 aromatic heterocycles. The number of carbonyl (C=O) groups is 3. The van der Waals surface area contributed by atoms with E-state index < -0.39 is 17.7 Å². The van der Waals surface area contributed by atoms with Gasteiger partial charge in [0, 0.05) is 11.4 Å². The van der Waals surface area contributed by atoms with E-state index in [9.17, 15) is 14.4 Å². The molecule has 7 nitrogen and oxygen atoms in total. The molecule has 2 aromatic carbocycles. The molecule has 27 heavy (non-hydrogen) atoms. The molecule has 0 heterocycles. The fourth-order valence-corrected chi connectivity index (χ4v) is 2.25. The Hall–Kier alpha value is -3.35. The van der Waals surface area contributed by atoms with Crippen LogP contribution in [0.2, 0.25) is 0 Å². The monoisotopic (exact) mass is 369 g/mol. The molecule has 142 valence electrons. The number of amides is 3. The summed E-state index contributed by atoms with van der Waals surface area (Å²) >= 11 is 0. The maximum atomic E-state index is 11.9. The van der Waals surface area contributed by atoms with Gasteiger partial charge in [-0.2, -0.15) is 0 Å². The molecule has 0 unspecified atom stereocenters. The summed E-state index contributed by atoms with van der Waals surface area (Å²) in [4.78, 5) is 35.7. The Morgan fingerprint density at radius 1 is 0.852 bits per heavy atom. The molecule has 3 amide bonds. The normalized spacial score (nSPS) is 10.0. The van der Waals surface area contributed by atoms with Crippen LogP contribution in [0.15, 0.2) is 42.5 Å². The van der Waals surface area contributed by atoms with Crippen LogP contribution in [0.5, 0.6) is 5.75 Å². The molecule has 0 saturated heterocycles. The molecule has 0 spiro atoms. The van der Waals surface area contributed by atoms with E-state index in [2.05, 4.69) is 16.0 Å². The van der Waals surface area contributed by atoms with Crippen LogP contribution in [0.4, 0.5) is 11.4 Å². The van der Waals surface area contributed by atoms with Crippen molar-refractivity contribution in [2.75, 3.05) is 23.8 Å². The molecule has 0 radical (unpaired) electrons. The number of carbonyl (C=O) groups excluding carboxylic acids is 3. The number of benzene rings is 2. The Morgan fingerprint density at radius 2 is 1.52 bits per heavy atom.